The van der Waals surface area contributed by atoms with E-state index in [1.165, 1.54) is 18.3 Å². The molecule has 2 aromatic rings. The highest BCUT2D eigenvalue weighted by molar-refractivity contribution is 6.01. The quantitative estimate of drug-likeness (QED) is 0.323. The van der Waals surface area contributed by atoms with Gasteiger partial charge < -0.3 is 31.1 Å². The molecule has 4 amide bonds. The minimum Gasteiger partial charge on any atom is -0.364 e. The second-order valence-electron chi connectivity index (χ2n) is 11.2. The summed E-state index contributed by atoms with van der Waals surface area (Å²) >= 11 is 0. The summed E-state index contributed by atoms with van der Waals surface area (Å²) < 4.78 is 71.9. The highest BCUT2D eigenvalue weighted by Crippen LogP contribution is 2.47. The fourth-order valence-electron chi connectivity index (χ4n) is 5.46. The van der Waals surface area contributed by atoms with Crippen molar-refractivity contribution in [2.45, 2.75) is 74.7 Å². The molecule has 1 aliphatic heterocycles. The third kappa shape index (κ3) is 6.32. The van der Waals surface area contributed by atoms with Crippen LogP contribution in [0.4, 0.5) is 32.6 Å². The number of amides is 4. The van der Waals surface area contributed by atoms with Gasteiger partial charge in [-0.15, -0.1) is 0 Å². The molecule has 3 fully saturated rings. The largest absolute Gasteiger partial charge is 0.410 e. The van der Waals surface area contributed by atoms with Gasteiger partial charge in [0.2, 0.25) is 11.8 Å². The summed E-state index contributed by atoms with van der Waals surface area (Å²) in [7, 11) is 0. The molecule has 16 heteroatoms. The van der Waals surface area contributed by atoms with E-state index in [9.17, 15) is 36.3 Å². The molecule has 11 nitrogen and oxygen atoms in total. The molecule has 0 bridgehead atoms. The molecule has 0 aromatic carbocycles. The number of halogens is 5. The van der Waals surface area contributed by atoms with E-state index in [-0.39, 0.29) is 37.3 Å². The van der Waals surface area contributed by atoms with Gasteiger partial charge in [-0.2, -0.15) is 13.2 Å². The van der Waals surface area contributed by atoms with Crippen LogP contribution in [-0.4, -0.2) is 70.2 Å². The van der Waals surface area contributed by atoms with Crippen LogP contribution >= 0.6 is 0 Å². The molecule has 0 radical (unpaired) electrons. The Hall–Kier alpha value is -3.82. The second kappa shape index (κ2) is 11.1. The number of hydrogen-bond donors (Lipinski definition) is 4. The zero-order valence-corrected chi connectivity index (χ0v) is 22.3. The Balaban J connectivity index is 1.31. The fourth-order valence-corrected chi connectivity index (χ4v) is 5.46. The molecule has 5 rings (SSSR count). The molecule has 2 saturated carbocycles. The van der Waals surface area contributed by atoms with Crippen LogP contribution in [0, 0.1) is 5.92 Å². The Morgan fingerprint density at radius 3 is 2.55 bits per heavy atom. The number of anilines is 1. The van der Waals surface area contributed by atoms with Crippen LogP contribution in [0.5, 0.6) is 0 Å². The van der Waals surface area contributed by atoms with Gasteiger partial charge in [0.25, 0.3) is 5.91 Å². The Morgan fingerprint density at radius 2 is 1.93 bits per heavy atom. The molecule has 2 aromatic heterocycles. The van der Waals surface area contributed by atoms with Crippen LogP contribution in [0.3, 0.4) is 0 Å². The lowest BCUT2D eigenvalue weighted by molar-refractivity contribution is -0.149. The van der Waals surface area contributed by atoms with E-state index in [0.29, 0.717) is 11.3 Å². The van der Waals surface area contributed by atoms with E-state index < -0.39 is 72.7 Å². The van der Waals surface area contributed by atoms with Gasteiger partial charge in [-0.3, -0.25) is 9.59 Å². The first-order valence-electron chi connectivity index (χ1n) is 13.5. The SMILES string of the molecule is NCC1(c2nocc2C(=O)N[C@H](C(=O)Nc2cc(CN3C[C@@H](C(F)(F)F)NC3=O)ccn2)C2CCC(F)(F)CC2)CC1. The first kappa shape index (κ1) is 29.7. The van der Waals surface area contributed by atoms with Crippen LogP contribution < -0.4 is 21.7 Å². The molecule has 2 atom stereocenters. The molecular weight excluding hydrogens is 569 g/mol. The normalized spacial score (nSPS) is 22.4. The van der Waals surface area contributed by atoms with Crippen LogP contribution in [0.25, 0.3) is 0 Å². The lowest BCUT2D eigenvalue weighted by Crippen LogP contribution is -2.50. The number of rotatable bonds is 9. The fraction of sp³-hybridized carbons (Fsp3) is 0.577. The zero-order valence-electron chi connectivity index (χ0n) is 22.3. The maximum Gasteiger partial charge on any atom is 0.410 e. The maximum atomic E-state index is 13.9. The van der Waals surface area contributed by atoms with E-state index in [1.54, 1.807) is 0 Å². The van der Waals surface area contributed by atoms with E-state index >= 15 is 0 Å². The van der Waals surface area contributed by atoms with Gasteiger partial charge in [0, 0.05) is 37.5 Å². The minimum absolute atomic E-state index is 0.00981. The van der Waals surface area contributed by atoms with Gasteiger partial charge in [0.1, 0.15) is 35.4 Å². The van der Waals surface area contributed by atoms with Gasteiger partial charge in [-0.1, -0.05) is 5.16 Å². The molecule has 3 aliphatic rings. The molecule has 3 heterocycles. The van der Waals surface area contributed by atoms with Gasteiger partial charge in [-0.05, 0) is 49.3 Å². The number of nitrogens with one attached hydrogen (secondary N) is 3. The third-order valence-electron chi connectivity index (χ3n) is 8.20. The molecule has 2 aliphatic carbocycles. The minimum atomic E-state index is -4.60. The first-order valence-corrected chi connectivity index (χ1v) is 13.5. The number of carbonyl (C=O) groups is 3. The van der Waals surface area contributed by atoms with Crippen molar-refractivity contribution in [3.05, 3.63) is 41.4 Å². The number of alkyl halides is 5. The number of nitrogens with two attached hydrogens (primary N) is 1. The molecular formula is C26H30F5N7O4. The number of urea groups is 1. The van der Waals surface area contributed by atoms with Gasteiger partial charge in [-0.25, -0.2) is 18.6 Å². The third-order valence-corrected chi connectivity index (χ3v) is 8.20. The summed E-state index contributed by atoms with van der Waals surface area (Å²) in [5.74, 6) is -4.85. The smallest absolute Gasteiger partial charge is 0.364 e. The van der Waals surface area contributed by atoms with E-state index in [1.807, 2.05) is 5.32 Å². The Bertz CT molecular complexity index is 1340. The topological polar surface area (TPSA) is 155 Å². The lowest BCUT2D eigenvalue weighted by Gasteiger charge is -2.33. The Kier molecular flexibility index (Phi) is 7.85. The van der Waals surface area contributed by atoms with Crippen LogP contribution in [-0.2, 0) is 16.8 Å². The summed E-state index contributed by atoms with van der Waals surface area (Å²) in [6, 6.07) is -1.23. The van der Waals surface area contributed by atoms with Gasteiger partial charge in [0.15, 0.2) is 0 Å². The maximum absolute atomic E-state index is 13.9. The van der Waals surface area contributed by atoms with Crippen molar-refractivity contribution < 1.29 is 40.9 Å². The van der Waals surface area contributed by atoms with Crippen molar-refractivity contribution in [3.63, 3.8) is 0 Å². The number of pyridine rings is 1. The van der Waals surface area contributed by atoms with Crippen LogP contribution in [0.2, 0.25) is 0 Å². The summed E-state index contributed by atoms with van der Waals surface area (Å²) in [4.78, 5) is 43.9. The Labute approximate surface area is 236 Å². The Morgan fingerprint density at radius 1 is 1.21 bits per heavy atom. The predicted molar refractivity (Wildman–Crippen MR) is 136 cm³/mol. The standard InChI is InChI=1S/C26H30F5N7O4/c27-25(28)4-1-15(2-5-25)19(36-21(39)16-12-42-37-20(16)24(13-32)6-7-24)22(40)35-18-9-14(3-8-33-18)10-38-11-17(26(29,30)31)34-23(38)41/h3,8-9,12,15,17,19H,1-2,4-7,10-11,13,32H2,(H,34,41)(H,36,39)(H,33,35,40)/t17-,19-/m0/s1. The van der Waals surface area contributed by atoms with E-state index in [2.05, 4.69) is 20.8 Å². The molecule has 42 heavy (non-hydrogen) atoms. The predicted octanol–water partition coefficient (Wildman–Crippen LogP) is 3.08. The summed E-state index contributed by atoms with van der Waals surface area (Å²) in [5, 5.41) is 11.1. The molecule has 0 spiro atoms. The van der Waals surface area contributed by atoms with Crippen molar-refractivity contribution in [1.29, 1.82) is 0 Å². The molecule has 1 saturated heterocycles. The monoisotopic (exact) mass is 599 g/mol. The summed E-state index contributed by atoms with van der Waals surface area (Å²) in [5.41, 5.74) is 6.27. The number of hydrogen-bond acceptors (Lipinski definition) is 7. The lowest BCUT2D eigenvalue weighted by atomic mass is 9.81. The number of carbonyl (C=O) groups excluding carboxylic acids is 3. The second-order valence-corrected chi connectivity index (χ2v) is 11.2. The summed E-state index contributed by atoms with van der Waals surface area (Å²) in [6.45, 7) is -0.511. The van der Waals surface area contributed by atoms with Gasteiger partial charge in [0.05, 0.1) is 6.54 Å². The molecule has 0 unspecified atom stereocenters. The van der Waals surface area contributed by atoms with Crippen LogP contribution in [0.1, 0.15) is 60.1 Å². The molecule has 5 N–H and O–H groups in total. The van der Waals surface area contributed by atoms with E-state index in [4.69, 9.17) is 10.3 Å². The zero-order chi connectivity index (χ0) is 30.3. The van der Waals surface area contributed by atoms with Crippen LogP contribution in [0.15, 0.2) is 29.1 Å². The molecule has 228 valence electrons. The summed E-state index contributed by atoms with van der Waals surface area (Å²) in [6.07, 6.45) is -1.63. The number of aromatic nitrogens is 2. The van der Waals surface area contributed by atoms with Crippen molar-refractivity contribution in [1.82, 2.24) is 25.7 Å². The van der Waals surface area contributed by atoms with Crippen molar-refractivity contribution in [2.24, 2.45) is 11.7 Å². The van der Waals surface area contributed by atoms with Gasteiger partial charge >= 0.3 is 12.2 Å². The van der Waals surface area contributed by atoms with E-state index in [0.717, 1.165) is 24.0 Å². The van der Waals surface area contributed by atoms with Crippen molar-refractivity contribution in [2.75, 3.05) is 18.4 Å². The van der Waals surface area contributed by atoms with Crippen molar-refractivity contribution in [3.8, 4) is 0 Å². The average Bonchev–Trinajstić information content (AvgIpc) is 3.39. The average molecular weight is 600 g/mol. The highest BCUT2D eigenvalue weighted by Gasteiger charge is 2.49. The number of nitrogens with zero attached hydrogens (tertiary/aromatic N) is 3. The highest BCUT2D eigenvalue weighted by atomic mass is 19.4. The van der Waals surface area contributed by atoms with Crippen molar-refractivity contribution >= 4 is 23.7 Å². The first-order chi connectivity index (χ1) is 19.8.